The van der Waals surface area contributed by atoms with Gasteiger partial charge < -0.3 is 14.6 Å². The molecule has 0 bridgehead atoms. The lowest BCUT2D eigenvalue weighted by atomic mass is 9.95. The molecule has 1 aliphatic carbocycles. The van der Waals surface area contributed by atoms with Crippen molar-refractivity contribution in [3.05, 3.63) is 65.6 Å². The first-order chi connectivity index (χ1) is 14.8. The number of halogens is 4. The van der Waals surface area contributed by atoms with Gasteiger partial charge in [-0.1, -0.05) is 37.5 Å². The highest BCUT2D eigenvalue weighted by Gasteiger charge is 2.31. The quantitative estimate of drug-likeness (QED) is 0.517. The van der Waals surface area contributed by atoms with E-state index in [9.17, 15) is 22.4 Å². The first kappa shape index (κ1) is 21.2. The van der Waals surface area contributed by atoms with Gasteiger partial charge in [0, 0.05) is 24.2 Å². The molecular formula is C23H22F4N2O2. The first-order valence-corrected chi connectivity index (χ1v) is 10.2. The summed E-state index contributed by atoms with van der Waals surface area (Å²) in [6.07, 6.45) is 1.97. The van der Waals surface area contributed by atoms with Crippen molar-refractivity contribution in [3.63, 3.8) is 0 Å². The number of aromatic nitrogens is 1. The number of fused-ring (bicyclic) bond motifs is 1. The van der Waals surface area contributed by atoms with Gasteiger partial charge in [-0.3, -0.25) is 4.79 Å². The minimum absolute atomic E-state index is 0.0904. The highest BCUT2D eigenvalue weighted by atomic mass is 19.4. The Morgan fingerprint density at radius 3 is 2.45 bits per heavy atom. The number of hydrogen-bond acceptors (Lipinski definition) is 2. The summed E-state index contributed by atoms with van der Waals surface area (Å²) in [5, 5.41) is 3.26. The summed E-state index contributed by atoms with van der Waals surface area (Å²) in [6, 6.07) is 10.2. The van der Waals surface area contributed by atoms with Crippen LogP contribution in [0.1, 0.15) is 48.0 Å². The number of ether oxygens (including phenoxy) is 1. The van der Waals surface area contributed by atoms with Gasteiger partial charge in [-0.25, -0.2) is 4.39 Å². The van der Waals surface area contributed by atoms with Crippen molar-refractivity contribution >= 4 is 16.8 Å². The zero-order valence-corrected chi connectivity index (χ0v) is 16.7. The summed E-state index contributed by atoms with van der Waals surface area (Å²) in [6.45, 7) is 0.267. The standard InChI is InChI=1S/C23H22F4N2O2/c24-19-7-4-8-20-21(19)18(22(30)28-16-5-2-1-3-6-16)14-29(20)13-15-9-11-17(12-10-15)31-23(25,26)27/h4,7-12,14,16H,1-3,5-6,13H2,(H,28,30). The lowest BCUT2D eigenvalue weighted by Gasteiger charge is -2.22. The Kier molecular flexibility index (Phi) is 5.89. The van der Waals surface area contributed by atoms with Crippen molar-refractivity contribution in [2.75, 3.05) is 0 Å². The second kappa shape index (κ2) is 8.61. The molecular weight excluding hydrogens is 412 g/mol. The average Bonchev–Trinajstić information content (AvgIpc) is 3.09. The van der Waals surface area contributed by atoms with Gasteiger partial charge in [0.05, 0.1) is 11.1 Å². The maximum Gasteiger partial charge on any atom is 0.573 e. The lowest BCUT2D eigenvalue weighted by molar-refractivity contribution is -0.274. The van der Waals surface area contributed by atoms with E-state index in [2.05, 4.69) is 10.1 Å². The molecule has 0 aliphatic heterocycles. The Morgan fingerprint density at radius 1 is 1.06 bits per heavy atom. The van der Waals surface area contributed by atoms with Gasteiger partial charge in [-0.2, -0.15) is 0 Å². The van der Waals surface area contributed by atoms with Crippen molar-refractivity contribution in [2.24, 2.45) is 0 Å². The van der Waals surface area contributed by atoms with Gasteiger partial charge in [-0.05, 0) is 42.7 Å². The molecule has 0 radical (unpaired) electrons. The predicted octanol–water partition coefficient (Wildman–Crippen LogP) is 5.79. The topological polar surface area (TPSA) is 43.3 Å². The molecule has 8 heteroatoms. The van der Waals surface area contributed by atoms with Crippen LogP contribution in [0.25, 0.3) is 10.9 Å². The third kappa shape index (κ3) is 5.00. The molecule has 1 aliphatic rings. The van der Waals surface area contributed by atoms with Crippen molar-refractivity contribution < 1.29 is 27.1 Å². The van der Waals surface area contributed by atoms with Crippen LogP contribution < -0.4 is 10.1 Å². The van der Waals surface area contributed by atoms with Gasteiger partial charge in [0.15, 0.2) is 0 Å². The number of nitrogens with zero attached hydrogens (tertiary/aromatic N) is 1. The molecule has 0 unspecified atom stereocenters. The average molecular weight is 434 g/mol. The minimum Gasteiger partial charge on any atom is -0.406 e. The zero-order valence-electron chi connectivity index (χ0n) is 16.7. The van der Waals surface area contributed by atoms with Crippen LogP contribution in [0.3, 0.4) is 0 Å². The summed E-state index contributed by atoms with van der Waals surface area (Å²) in [7, 11) is 0. The Labute approximate surface area is 176 Å². The summed E-state index contributed by atoms with van der Waals surface area (Å²) >= 11 is 0. The van der Waals surface area contributed by atoms with Gasteiger partial charge in [0.25, 0.3) is 5.91 Å². The number of amides is 1. The Bertz CT molecular complexity index is 1070. The largest absolute Gasteiger partial charge is 0.573 e. The fourth-order valence-corrected chi connectivity index (χ4v) is 4.11. The van der Waals surface area contributed by atoms with Gasteiger partial charge >= 0.3 is 6.36 Å². The van der Waals surface area contributed by atoms with E-state index in [0.29, 0.717) is 11.1 Å². The fraction of sp³-hybridized carbons (Fsp3) is 0.348. The summed E-state index contributed by atoms with van der Waals surface area (Å²) in [4.78, 5) is 12.9. The van der Waals surface area contributed by atoms with Crippen LogP contribution in [0.4, 0.5) is 17.6 Å². The number of nitrogens with one attached hydrogen (secondary N) is 1. The van der Waals surface area contributed by atoms with Crippen LogP contribution in [-0.4, -0.2) is 22.9 Å². The van der Waals surface area contributed by atoms with E-state index in [1.807, 2.05) is 0 Å². The molecule has 1 aromatic heterocycles. The highest BCUT2D eigenvalue weighted by Crippen LogP contribution is 2.27. The third-order valence-electron chi connectivity index (χ3n) is 5.55. The molecule has 1 heterocycles. The van der Waals surface area contributed by atoms with Crippen LogP contribution in [0.2, 0.25) is 0 Å². The van der Waals surface area contributed by atoms with Crippen molar-refractivity contribution in [2.45, 2.75) is 51.1 Å². The van der Waals surface area contributed by atoms with Crippen molar-refractivity contribution in [1.82, 2.24) is 9.88 Å². The molecule has 0 spiro atoms. The number of alkyl halides is 3. The fourth-order valence-electron chi connectivity index (χ4n) is 4.11. The maximum atomic E-state index is 14.6. The molecule has 1 fully saturated rings. The Morgan fingerprint density at radius 2 is 1.77 bits per heavy atom. The highest BCUT2D eigenvalue weighted by molar-refractivity contribution is 6.07. The normalized spacial score (nSPS) is 15.2. The van der Waals surface area contributed by atoms with Gasteiger partial charge in [0.2, 0.25) is 0 Å². The lowest BCUT2D eigenvalue weighted by Crippen LogP contribution is -2.36. The van der Waals surface area contributed by atoms with Crippen LogP contribution >= 0.6 is 0 Å². The molecule has 2 aromatic carbocycles. The maximum absolute atomic E-state index is 14.6. The number of benzene rings is 2. The van der Waals surface area contributed by atoms with Crippen LogP contribution in [0.5, 0.6) is 5.75 Å². The van der Waals surface area contributed by atoms with Crippen molar-refractivity contribution in [1.29, 1.82) is 0 Å². The monoisotopic (exact) mass is 434 g/mol. The van der Waals surface area contributed by atoms with Crippen molar-refractivity contribution in [3.8, 4) is 5.75 Å². The number of carbonyl (C=O) groups excluding carboxylic acids is 1. The van der Waals surface area contributed by atoms with Gasteiger partial charge in [-0.15, -0.1) is 13.2 Å². The molecule has 0 atom stereocenters. The van der Waals surface area contributed by atoms with Crippen LogP contribution in [0, 0.1) is 5.82 Å². The predicted molar refractivity (Wildman–Crippen MR) is 108 cm³/mol. The van der Waals surface area contributed by atoms with E-state index < -0.39 is 12.2 Å². The molecule has 1 N–H and O–H groups in total. The van der Waals surface area contributed by atoms with Crippen LogP contribution in [-0.2, 0) is 6.54 Å². The molecule has 4 rings (SSSR count). The molecule has 1 saturated carbocycles. The molecule has 1 amide bonds. The Balaban J connectivity index is 1.60. The van der Waals surface area contributed by atoms with E-state index >= 15 is 0 Å². The first-order valence-electron chi connectivity index (χ1n) is 10.2. The molecule has 3 aromatic rings. The number of carbonyl (C=O) groups is 1. The molecule has 31 heavy (non-hydrogen) atoms. The van der Waals surface area contributed by atoms with Crippen LogP contribution in [0.15, 0.2) is 48.7 Å². The number of rotatable bonds is 5. The molecule has 4 nitrogen and oxygen atoms in total. The number of hydrogen-bond donors (Lipinski definition) is 1. The summed E-state index contributed by atoms with van der Waals surface area (Å²) in [5.41, 5.74) is 1.50. The smallest absolute Gasteiger partial charge is 0.406 e. The van der Waals surface area contributed by atoms with E-state index in [-0.39, 0.29) is 35.2 Å². The van der Waals surface area contributed by atoms with E-state index in [4.69, 9.17) is 0 Å². The zero-order chi connectivity index (χ0) is 22.0. The molecule has 0 saturated heterocycles. The van der Waals surface area contributed by atoms with E-state index in [0.717, 1.165) is 32.1 Å². The SMILES string of the molecule is O=C(NC1CCCCC1)c1cn(Cc2ccc(OC(F)(F)F)cc2)c2cccc(F)c12. The van der Waals surface area contributed by atoms with E-state index in [1.165, 1.54) is 30.3 Å². The third-order valence-corrected chi connectivity index (χ3v) is 5.55. The Hall–Kier alpha value is -3.03. The van der Waals surface area contributed by atoms with Gasteiger partial charge in [0.1, 0.15) is 11.6 Å². The minimum atomic E-state index is -4.75. The second-order valence-electron chi connectivity index (χ2n) is 7.80. The summed E-state index contributed by atoms with van der Waals surface area (Å²) in [5.74, 6) is -1.11. The summed E-state index contributed by atoms with van der Waals surface area (Å²) < 4.78 is 57.3. The van der Waals surface area contributed by atoms with E-state index in [1.54, 1.807) is 22.9 Å². The second-order valence-corrected chi connectivity index (χ2v) is 7.80. The molecule has 164 valence electrons.